The van der Waals surface area contributed by atoms with E-state index >= 15 is 0 Å². The Kier molecular flexibility index (Phi) is 8.59. The Morgan fingerprint density at radius 1 is 0.306 bits per heavy atom. The van der Waals surface area contributed by atoms with Gasteiger partial charge in [0.1, 0.15) is 0 Å². The molecular formula is C60H44N2. The van der Waals surface area contributed by atoms with Crippen LogP contribution in [0.1, 0.15) is 19.4 Å². The van der Waals surface area contributed by atoms with Gasteiger partial charge in [0.2, 0.25) is 0 Å². The highest BCUT2D eigenvalue weighted by Crippen LogP contribution is 2.42. The molecule has 0 aliphatic carbocycles. The minimum atomic E-state index is -0.503. The Balaban J connectivity index is 0.971. The summed E-state index contributed by atoms with van der Waals surface area (Å²) in [6.45, 7) is -1.01. The molecule has 10 aromatic rings. The van der Waals surface area contributed by atoms with Gasteiger partial charge in [-0.25, -0.2) is 0 Å². The van der Waals surface area contributed by atoms with Crippen molar-refractivity contribution in [3.63, 3.8) is 0 Å². The number of nitrogens with zero attached hydrogens (tertiary/aromatic N) is 2. The molecule has 0 unspecified atom stereocenters. The van der Waals surface area contributed by atoms with Crippen molar-refractivity contribution in [1.29, 1.82) is 0 Å². The van der Waals surface area contributed by atoms with E-state index in [1.807, 2.05) is 24.3 Å². The molecular weight excluding hydrogens is 749 g/mol. The molecule has 0 spiro atoms. The number of fused-ring (bicyclic) bond motifs is 2. The van der Waals surface area contributed by atoms with E-state index in [0.29, 0.717) is 11.1 Å². The number of rotatable bonds is 11. The molecule has 0 aliphatic heterocycles. The predicted octanol–water partition coefficient (Wildman–Crippen LogP) is 17.2. The molecule has 0 fully saturated rings. The first-order chi connectivity index (χ1) is 33.2. The van der Waals surface area contributed by atoms with Crippen molar-refractivity contribution >= 4 is 67.8 Å². The van der Waals surface area contributed by atoms with Crippen LogP contribution in [0.4, 0.5) is 34.1 Å². The molecule has 0 aromatic heterocycles. The summed E-state index contributed by atoms with van der Waals surface area (Å²) < 4.78 is 46.2. The molecule has 0 aliphatic rings. The second-order valence-corrected chi connectivity index (χ2v) is 15.3. The third kappa shape index (κ3) is 7.47. The van der Waals surface area contributed by atoms with E-state index < -0.39 is 13.1 Å². The van der Waals surface area contributed by atoms with Gasteiger partial charge in [-0.15, -0.1) is 0 Å². The van der Waals surface area contributed by atoms with E-state index in [0.717, 1.165) is 89.0 Å². The fraction of sp³-hybridized carbons (Fsp3) is 0. The van der Waals surface area contributed by atoms with Gasteiger partial charge in [-0.05, 0) is 116 Å². The summed E-state index contributed by atoms with van der Waals surface area (Å²) in [5.74, 6) is 0. The zero-order valence-electron chi connectivity index (χ0n) is 39.8. The summed E-state index contributed by atoms with van der Waals surface area (Å²) >= 11 is 0. The van der Waals surface area contributed by atoms with Crippen molar-refractivity contribution < 1.29 is 8.22 Å². The van der Waals surface area contributed by atoms with Gasteiger partial charge in [0.25, 0.3) is 0 Å². The number of hydrogen-bond acceptors (Lipinski definition) is 2. The largest absolute Gasteiger partial charge is 0.310 e. The molecule has 0 bridgehead atoms. The van der Waals surface area contributed by atoms with Gasteiger partial charge < -0.3 is 9.80 Å². The Labute approximate surface area is 372 Å². The molecule has 0 atom stereocenters. The molecule has 10 rings (SSSR count). The number of hydrogen-bond donors (Lipinski definition) is 0. The maximum absolute atomic E-state index is 8.04. The van der Waals surface area contributed by atoms with E-state index in [1.165, 1.54) is 0 Å². The summed E-state index contributed by atoms with van der Waals surface area (Å²) in [6.07, 6.45) is 0. The second kappa shape index (κ2) is 16.8. The average molecular weight is 799 g/mol. The number of anilines is 6. The van der Waals surface area contributed by atoms with Crippen molar-refractivity contribution in [2.24, 2.45) is 0 Å². The van der Waals surface area contributed by atoms with Crippen molar-refractivity contribution in [1.82, 2.24) is 0 Å². The Bertz CT molecular complexity index is 3220. The van der Waals surface area contributed by atoms with Gasteiger partial charge in [-0.3, -0.25) is 0 Å². The smallest absolute Gasteiger partial charge is 0.0623 e. The molecule has 2 nitrogen and oxygen atoms in total. The van der Waals surface area contributed by atoms with Gasteiger partial charge >= 0.3 is 0 Å². The van der Waals surface area contributed by atoms with Gasteiger partial charge in [-0.1, -0.05) is 195 Å². The molecule has 0 heterocycles. The van der Waals surface area contributed by atoms with Crippen LogP contribution in [-0.4, -0.2) is 0 Å². The highest BCUT2D eigenvalue weighted by atomic mass is 15.1. The lowest BCUT2D eigenvalue weighted by molar-refractivity contribution is 1.29. The summed E-state index contributed by atoms with van der Waals surface area (Å²) in [7, 11) is 0. The summed E-state index contributed by atoms with van der Waals surface area (Å²) in [5.41, 5.74) is 13.5. The SMILES string of the molecule is [2H]C([2H])=C([2H])c1ccc(-c2ccc(N(c3ccc(-c4ccc(N(c5ccc(-c6ccc(C([2H])=C([2H])[2H])cc6)cc5)c5cccc6ccccc56)cc4)cc3)c3cccc4ccccc34)cc2)cc1. The molecule has 0 radical (unpaired) electrons. The molecule has 0 saturated heterocycles. The van der Waals surface area contributed by atoms with Crippen molar-refractivity contribution in [2.45, 2.75) is 0 Å². The Hall–Kier alpha value is -8.20. The maximum atomic E-state index is 8.04. The van der Waals surface area contributed by atoms with Crippen LogP contribution in [0, 0.1) is 0 Å². The van der Waals surface area contributed by atoms with Gasteiger partial charge in [0, 0.05) is 33.5 Å². The molecule has 2 heteroatoms. The van der Waals surface area contributed by atoms with E-state index in [-0.39, 0.29) is 12.1 Å². The van der Waals surface area contributed by atoms with Gasteiger partial charge in [0.05, 0.1) is 19.6 Å². The predicted molar refractivity (Wildman–Crippen MR) is 267 cm³/mol. The third-order valence-corrected chi connectivity index (χ3v) is 11.6. The van der Waals surface area contributed by atoms with Gasteiger partial charge in [0.15, 0.2) is 0 Å². The average Bonchev–Trinajstić information content (AvgIpc) is 3.39. The lowest BCUT2D eigenvalue weighted by atomic mass is 10.0. The standard InChI is InChI=1S/C60H44N2/c1-3-43-19-23-45(24-20-43)47-27-35-53(36-28-47)61(59-17-9-13-51-11-5-7-15-57(51)59)55-39-31-49(32-40-55)50-33-41-56(42-34-50)62(60-18-10-14-52-12-6-8-16-58(52)60)54-37-29-48(30-38-54)46-25-21-44(4-2)22-26-46/h3-42H,1-2H2/i1D2,2D2,3D,4D. The van der Waals surface area contributed by atoms with Crippen LogP contribution in [0.3, 0.4) is 0 Å². The van der Waals surface area contributed by atoms with Crippen LogP contribution in [0.2, 0.25) is 0 Å². The summed E-state index contributed by atoms with van der Waals surface area (Å²) in [5, 5.41) is 4.59. The maximum Gasteiger partial charge on any atom is 0.0623 e. The molecule has 0 saturated carbocycles. The molecule has 62 heavy (non-hydrogen) atoms. The fourth-order valence-corrected chi connectivity index (χ4v) is 8.36. The lowest BCUT2D eigenvalue weighted by Gasteiger charge is -2.28. The number of benzene rings is 10. The minimum Gasteiger partial charge on any atom is -0.310 e. The topological polar surface area (TPSA) is 6.48 Å². The Morgan fingerprint density at radius 2 is 0.581 bits per heavy atom. The van der Waals surface area contributed by atoms with E-state index in [4.69, 9.17) is 8.22 Å². The van der Waals surface area contributed by atoms with Crippen LogP contribution >= 0.6 is 0 Å². The second-order valence-electron chi connectivity index (χ2n) is 15.3. The van der Waals surface area contributed by atoms with E-state index in [1.54, 1.807) is 24.3 Å². The zero-order chi connectivity index (χ0) is 46.7. The highest BCUT2D eigenvalue weighted by molar-refractivity contribution is 6.00. The molecule has 10 aromatic carbocycles. The first kappa shape index (κ1) is 31.7. The molecule has 0 N–H and O–H groups in total. The van der Waals surface area contributed by atoms with Crippen LogP contribution in [0.5, 0.6) is 0 Å². The van der Waals surface area contributed by atoms with Crippen molar-refractivity contribution in [3.05, 3.63) is 255 Å². The van der Waals surface area contributed by atoms with Crippen LogP contribution in [0.25, 0.3) is 67.0 Å². The van der Waals surface area contributed by atoms with Crippen LogP contribution in [-0.2, 0) is 0 Å². The molecule has 294 valence electrons. The van der Waals surface area contributed by atoms with E-state index in [2.05, 4.69) is 192 Å². The third-order valence-electron chi connectivity index (χ3n) is 11.6. The van der Waals surface area contributed by atoms with E-state index in [9.17, 15) is 0 Å². The first-order valence-electron chi connectivity index (χ1n) is 23.7. The minimum absolute atomic E-state index is 0.0987. The zero-order valence-corrected chi connectivity index (χ0v) is 33.8. The monoisotopic (exact) mass is 798 g/mol. The molecule has 0 amide bonds. The van der Waals surface area contributed by atoms with Crippen molar-refractivity contribution in [2.75, 3.05) is 9.80 Å². The highest BCUT2D eigenvalue weighted by Gasteiger charge is 2.18. The quantitative estimate of drug-likeness (QED) is 0.129. The first-order valence-corrected chi connectivity index (χ1v) is 20.7. The summed E-state index contributed by atoms with van der Waals surface area (Å²) in [6, 6.07) is 78.8. The van der Waals surface area contributed by atoms with Gasteiger partial charge in [-0.2, -0.15) is 0 Å². The summed E-state index contributed by atoms with van der Waals surface area (Å²) in [4.78, 5) is 4.59. The Morgan fingerprint density at radius 3 is 0.887 bits per heavy atom. The van der Waals surface area contributed by atoms with Crippen LogP contribution < -0.4 is 9.80 Å². The van der Waals surface area contributed by atoms with Crippen LogP contribution in [0.15, 0.2) is 244 Å². The fourth-order valence-electron chi connectivity index (χ4n) is 8.36. The normalized spacial score (nSPS) is 12.3. The lowest BCUT2D eigenvalue weighted by Crippen LogP contribution is -2.10. The van der Waals surface area contributed by atoms with Crippen molar-refractivity contribution in [3.8, 4) is 33.4 Å².